The Morgan fingerprint density at radius 3 is 2.00 bits per heavy atom. The molecule has 1 saturated carbocycles. The zero-order chi connectivity index (χ0) is 21.6. The predicted molar refractivity (Wildman–Crippen MR) is 108 cm³/mol. The van der Waals surface area contributed by atoms with E-state index in [9.17, 15) is 24.0 Å². The summed E-state index contributed by atoms with van der Waals surface area (Å²) >= 11 is 0. The van der Waals surface area contributed by atoms with Crippen molar-refractivity contribution in [1.82, 2.24) is 24.3 Å². The average molecular weight is 405 g/mol. The van der Waals surface area contributed by atoms with Crippen molar-refractivity contribution >= 4 is 11.9 Å². The molecule has 1 aliphatic rings. The summed E-state index contributed by atoms with van der Waals surface area (Å²) in [6, 6.07) is -0.703. The maximum Gasteiger partial charge on any atom is 0.337 e. The fourth-order valence-corrected chi connectivity index (χ4v) is 3.43. The minimum Gasteiger partial charge on any atom is -0.335 e. The molecule has 2 atom stereocenters. The standard InChI is InChI=1S/C19H27N5O5/c1-4-10-22-17(27)23(11-5-2)19(29)24(18(22)28)12-15(25)21-16(26)20-14-9-7-6-8-13(14)3/h4-5,13-14H,1-2,6-12H2,3H3,(H2,20,21,25,26)/t13-,14+/m1/s1. The molecule has 0 saturated heterocycles. The Bertz CT molecular complexity index is 922. The van der Waals surface area contributed by atoms with Gasteiger partial charge in [-0.2, -0.15) is 0 Å². The first-order valence-electron chi connectivity index (χ1n) is 9.56. The summed E-state index contributed by atoms with van der Waals surface area (Å²) in [6.07, 6.45) is 6.61. The van der Waals surface area contributed by atoms with Gasteiger partial charge in [0.2, 0.25) is 5.91 Å². The van der Waals surface area contributed by atoms with Crippen LogP contribution in [0, 0.1) is 5.92 Å². The molecule has 0 bridgehead atoms. The molecule has 1 aromatic heterocycles. The van der Waals surface area contributed by atoms with Crippen LogP contribution in [-0.4, -0.2) is 31.7 Å². The molecule has 0 aromatic carbocycles. The predicted octanol–water partition coefficient (Wildman–Crippen LogP) is -0.0518. The van der Waals surface area contributed by atoms with Crippen molar-refractivity contribution in [2.75, 3.05) is 0 Å². The summed E-state index contributed by atoms with van der Waals surface area (Å²) in [5.41, 5.74) is -2.71. The zero-order valence-corrected chi connectivity index (χ0v) is 16.6. The molecule has 1 heterocycles. The van der Waals surface area contributed by atoms with Crippen LogP contribution in [0.5, 0.6) is 0 Å². The fraction of sp³-hybridized carbons (Fsp3) is 0.526. The number of nitrogens with one attached hydrogen (secondary N) is 2. The Morgan fingerprint density at radius 1 is 0.966 bits per heavy atom. The topological polar surface area (TPSA) is 124 Å². The van der Waals surface area contributed by atoms with Gasteiger partial charge in [0, 0.05) is 6.04 Å². The van der Waals surface area contributed by atoms with Crippen molar-refractivity contribution < 1.29 is 9.59 Å². The minimum atomic E-state index is -0.948. The van der Waals surface area contributed by atoms with Crippen LogP contribution in [0.4, 0.5) is 4.79 Å². The molecule has 1 aromatic rings. The molecule has 2 rings (SSSR count). The molecule has 0 unspecified atom stereocenters. The Kier molecular flexibility index (Phi) is 7.52. The highest BCUT2D eigenvalue weighted by Crippen LogP contribution is 2.23. The smallest absolute Gasteiger partial charge is 0.335 e. The van der Waals surface area contributed by atoms with Gasteiger partial charge in [-0.05, 0) is 18.8 Å². The number of carbonyl (C=O) groups excluding carboxylic acids is 2. The third-order valence-corrected chi connectivity index (χ3v) is 4.99. The molecule has 158 valence electrons. The van der Waals surface area contributed by atoms with E-state index in [2.05, 4.69) is 23.8 Å². The van der Waals surface area contributed by atoms with Crippen LogP contribution in [0.25, 0.3) is 0 Å². The highest BCUT2D eigenvalue weighted by atomic mass is 16.2. The Hall–Kier alpha value is -3.17. The first-order valence-corrected chi connectivity index (χ1v) is 9.56. The molecule has 29 heavy (non-hydrogen) atoms. The maximum atomic E-state index is 12.5. The van der Waals surface area contributed by atoms with Gasteiger partial charge in [0.15, 0.2) is 0 Å². The SMILES string of the molecule is C=CCn1c(=O)n(CC=C)c(=O)n(CC(=O)NC(=O)N[C@H]2CCCC[C@H]2C)c1=O. The third kappa shape index (κ3) is 5.21. The van der Waals surface area contributed by atoms with E-state index in [-0.39, 0.29) is 19.1 Å². The van der Waals surface area contributed by atoms with Crippen LogP contribution in [0.15, 0.2) is 39.7 Å². The lowest BCUT2D eigenvalue weighted by Crippen LogP contribution is -2.56. The van der Waals surface area contributed by atoms with E-state index in [0.717, 1.165) is 34.8 Å². The number of carbonyl (C=O) groups is 2. The molecular formula is C19H27N5O5. The summed E-state index contributed by atoms with van der Waals surface area (Å²) < 4.78 is 2.18. The maximum absolute atomic E-state index is 12.5. The van der Waals surface area contributed by atoms with Gasteiger partial charge < -0.3 is 5.32 Å². The number of imide groups is 1. The van der Waals surface area contributed by atoms with E-state index < -0.39 is 35.6 Å². The number of rotatable bonds is 7. The molecule has 10 nitrogen and oxygen atoms in total. The minimum absolute atomic E-state index is 0.0291. The molecule has 3 amide bonds. The second-order valence-electron chi connectivity index (χ2n) is 7.12. The zero-order valence-electron chi connectivity index (χ0n) is 16.6. The lowest BCUT2D eigenvalue weighted by molar-refractivity contribution is -0.120. The summed E-state index contributed by atoms with van der Waals surface area (Å²) in [7, 11) is 0. The van der Waals surface area contributed by atoms with Gasteiger partial charge in [0.25, 0.3) is 0 Å². The second-order valence-corrected chi connectivity index (χ2v) is 7.12. The van der Waals surface area contributed by atoms with Gasteiger partial charge in [-0.25, -0.2) is 32.9 Å². The van der Waals surface area contributed by atoms with Crippen molar-refractivity contribution in [3.8, 4) is 0 Å². The number of urea groups is 1. The largest absolute Gasteiger partial charge is 0.337 e. The van der Waals surface area contributed by atoms with Crippen LogP contribution in [0.3, 0.4) is 0 Å². The first kappa shape index (κ1) is 22.1. The molecule has 10 heteroatoms. The van der Waals surface area contributed by atoms with Crippen LogP contribution in [0.2, 0.25) is 0 Å². The summed E-state index contributed by atoms with van der Waals surface area (Å²) in [4.78, 5) is 61.7. The van der Waals surface area contributed by atoms with E-state index in [1.807, 2.05) is 6.92 Å². The van der Waals surface area contributed by atoms with Crippen molar-refractivity contribution in [1.29, 1.82) is 0 Å². The van der Waals surface area contributed by atoms with E-state index in [1.54, 1.807) is 0 Å². The lowest BCUT2D eigenvalue weighted by atomic mass is 9.86. The number of hydrogen-bond donors (Lipinski definition) is 2. The highest BCUT2D eigenvalue weighted by molar-refractivity contribution is 5.94. The van der Waals surface area contributed by atoms with Crippen LogP contribution in [-0.2, 0) is 24.4 Å². The summed E-state index contributed by atoms with van der Waals surface area (Å²) in [5, 5.41) is 4.91. The van der Waals surface area contributed by atoms with Crippen molar-refractivity contribution in [3.05, 3.63) is 56.8 Å². The third-order valence-electron chi connectivity index (χ3n) is 4.99. The quantitative estimate of drug-likeness (QED) is 0.616. The highest BCUT2D eigenvalue weighted by Gasteiger charge is 2.24. The summed E-state index contributed by atoms with van der Waals surface area (Å²) in [5.74, 6) is -0.528. The van der Waals surface area contributed by atoms with Gasteiger partial charge in [-0.15, -0.1) is 13.2 Å². The molecule has 1 fully saturated rings. The summed E-state index contributed by atoms with van der Waals surface area (Å²) in [6.45, 7) is 8.05. The number of aromatic nitrogens is 3. The number of nitrogens with zero attached hydrogens (tertiary/aromatic N) is 3. The average Bonchev–Trinajstić information content (AvgIpc) is 2.67. The molecule has 2 N–H and O–H groups in total. The van der Waals surface area contributed by atoms with Crippen LogP contribution >= 0.6 is 0 Å². The molecule has 1 aliphatic carbocycles. The van der Waals surface area contributed by atoms with E-state index >= 15 is 0 Å². The molecule has 0 aliphatic heterocycles. The van der Waals surface area contributed by atoms with E-state index in [1.165, 1.54) is 12.2 Å². The van der Waals surface area contributed by atoms with Gasteiger partial charge >= 0.3 is 23.1 Å². The van der Waals surface area contributed by atoms with Gasteiger partial charge in [0.05, 0.1) is 13.1 Å². The normalized spacial score (nSPS) is 18.7. The van der Waals surface area contributed by atoms with E-state index in [0.29, 0.717) is 10.5 Å². The van der Waals surface area contributed by atoms with Gasteiger partial charge in [0.1, 0.15) is 6.54 Å². The number of amides is 3. The number of hydrogen-bond acceptors (Lipinski definition) is 5. The number of allylic oxidation sites excluding steroid dienone is 2. The Balaban J connectivity index is 2.20. The Morgan fingerprint density at radius 2 is 1.48 bits per heavy atom. The Labute approximate surface area is 167 Å². The first-order chi connectivity index (χ1) is 13.8. The lowest BCUT2D eigenvalue weighted by Gasteiger charge is -2.29. The second kappa shape index (κ2) is 9.85. The van der Waals surface area contributed by atoms with Gasteiger partial charge in [-0.1, -0.05) is 31.9 Å². The van der Waals surface area contributed by atoms with Crippen molar-refractivity contribution in [2.45, 2.75) is 58.3 Å². The fourth-order valence-electron chi connectivity index (χ4n) is 3.43. The van der Waals surface area contributed by atoms with Crippen molar-refractivity contribution in [2.24, 2.45) is 5.92 Å². The van der Waals surface area contributed by atoms with E-state index in [4.69, 9.17) is 0 Å². The molecule has 0 spiro atoms. The molecular weight excluding hydrogens is 378 g/mol. The molecule has 0 radical (unpaired) electrons. The monoisotopic (exact) mass is 405 g/mol. The van der Waals surface area contributed by atoms with Crippen LogP contribution < -0.4 is 27.7 Å². The van der Waals surface area contributed by atoms with Crippen LogP contribution in [0.1, 0.15) is 32.6 Å². The van der Waals surface area contributed by atoms with Gasteiger partial charge in [-0.3, -0.25) is 10.1 Å². The van der Waals surface area contributed by atoms with Crippen molar-refractivity contribution in [3.63, 3.8) is 0 Å².